The Balaban J connectivity index is 1.41. The maximum absolute atomic E-state index is 12.7. The molecule has 1 aliphatic carbocycles. The normalized spacial score (nSPS) is 19.7. The Morgan fingerprint density at radius 1 is 1.19 bits per heavy atom. The molecule has 2 aliphatic heterocycles. The van der Waals surface area contributed by atoms with Crippen LogP contribution in [0.5, 0.6) is 5.75 Å². The smallest absolute Gasteiger partial charge is 0.333 e. The van der Waals surface area contributed by atoms with E-state index in [0.717, 1.165) is 38.5 Å². The Morgan fingerprint density at radius 3 is 2.57 bits per heavy atom. The van der Waals surface area contributed by atoms with Crippen molar-refractivity contribution in [2.75, 3.05) is 33.8 Å². The number of amides is 1. The largest absolute Gasteiger partial charge is 0.489 e. The molecule has 10 heteroatoms. The summed E-state index contributed by atoms with van der Waals surface area (Å²) in [5.74, 6) is 1.60. The summed E-state index contributed by atoms with van der Waals surface area (Å²) in [5, 5.41) is 6.73. The van der Waals surface area contributed by atoms with Gasteiger partial charge in [-0.05, 0) is 43.5 Å². The number of hydrogen-bond acceptors (Lipinski definition) is 7. The average molecular weight is 530 g/mol. The van der Waals surface area contributed by atoms with Gasteiger partial charge in [-0.25, -0.2) is 9.79 Å². The van der Waals surface area contributed by atoms with Crippen molar-refractivity contribution >= 4 is 35.0 Å². The zero-order valence-corrected chi connectivity index (χ0v) is 22.3. The highest BCUT2D eigenvalue weighted by molar-refractivity contribution is 6.32. The molecule has 9 nitrogen and oxygen atoms in total. The van der Waals surface area contributed by atoms with Gasteiger partial charge in [0.1, 0.15) is 23.5 Å². The quantitative estimate of drug-likeness (QED) is 0.281. The number of amidine groups is 1. The molecule has 4 rings (SSSR count). The minimum atomic E-state index is -0.400. The number of nitrogens with one attached hydrogen (secondary N) is 2. The molecule has 1 saturated carbocycles. The van der Waals surface area contributed by atoms with E-state index in [9.17, 15) is 9.59 Å². The van der Waals surface area contributed by atoms with E-state index in [1.54, 1.807) is 31.3 Å². The molecule has 1 aromatic rings. The first kappa shape index (κ1) is 26.9. The van der Waals surface area contributed by atoms with Crippen molar-refractivity contribution in [3.05, 3.63) is 46.3 Å². The van der Waals surface area contributed by atoms with Gasteiger partial charge in [-0.3, -0.25) is 4.79 Å². The van der Waals surface area contributed by atoms with Crippen molar-refractivity contribution in [3.63, 3.8) is 0 Å². The van der Waals surface area contributed by atoms with Crippen LogP contribution in [0.3, 0.4) is 0 Å². The minimum absolute atomic E-state index is 0.00633. The summed E-state index contributed by atoms with van der Waals surface area (Å²) < 4.78 is 11.1. The van der Waals surface area contributed by atoms with E-state index in [1.165, 1.54) is 7.11 Å². The molecule has 3 aliphatic rings. The SMILES string of the molecule is CNC1=C(C(N)=Nc2ccc(OC3CCN(C(=O)C4CCCC4)CC3)c(Cl)c2)C=C(C(=O)OC)CCN1. The zero-order chi connectivity index (χ0) is 26.4. The number of carbonyl (C=O) groups excluding carboxylic acids is 2. The Labute approximate surface area is 223 Å². The fourth-order valence-corrected chi connectivity index (χ4v) is 5.33. The number of ether oxygens (including phenoxy) is 2. The van der Waals surface area contributed by atoms with Gasteiger partial charge in [0, 0.05) is 51.0 Å². The van der Waals surface area contributed by atoms with Gasteiger partial charge < -0.3 is 30.7 Å². The molecule has 1 saturated heterocycles. The molecule has 200 valence electrons. The van der Waals surface area contributed by atoms with Gasteiger partial charge in [0.05, 0.1) is 23.4 Å². The van der Waals surface area contributed by atoms with Crippen LogP contribution in [0.15, 0.2) is 46.2 Å². The molecule has 2 fully saturated rings. The van der Waals surface area contributed by atoms with E-state index in [-0.39, 0.29) is 17.9 Å². The predicted octanol–water partition coefficient (Wildman–Crippen LogP) is 3.41. The van der Waals surface area contributed by atoms with Gasteiger partial charge in [0.2, 0.25) is 5.91 Å². The molecule has 0 unspecified atom stereocenters. The summed E-state index contributed by atoms with van der Waals surface area (Å²) in [6.07, 6.45) is 8.14. The number of benzene rings is 1. The summed E-state index contributed by atoms with van der Waals surface area (Å²) in [5.41, 5.74) is 7.98. The molecule has 37 heavy (non-hydrogen) atoms. The van der Waals surface area contributed by atoms with E-state index < -0.39 is 5.97 Å². The number of nitrogens with two attached hydrogens (primary N) is 1. The van der Waals surface area contributed by atoms with Crippen molar-refractivity contribution in [2.45, 2.75) is 51.0 Å². The van der Waals surface area contributed by atoms with Crippen LogP contribution in [0.4, 0.5) is 5.69 Å². The third-order valence-corrected chi connectivity index (χ3v) is 7.47. The zero-order valence-electron chi connectivity index (χ0n) is 21.5. The van der Waals surface area contributed by atoms with E-state index in [1.807, 2.05) is 4.90 Å². The lowest BCUT2D eigenvalue weighted by molar-refractivity contribution is -0.137. The monoisotopic (exact) mass is 529 g/mol. The summed E-state index contributed by atoms with van der Waals surface area (Å²) in [4.78, 5) is 31.3. The van der Waals surface area contributed by atoms with Crippen LogP contribution in [0.25, 0.3) is 0 Å². The predicted molar refractivity (Wildman–Crippen MR) is 144 cm³/mol. The summed E-state index contributed by atoms with van der Waals surface area (Å²) in [6, 6.07) is 5.29. The third-order valence-electron chi connectivity index (χ3n) is 7.17. The molecule has 0 atom stereocenters. The first-order chi connectivity index (χ1) is 17.9. The highest BCUT2D eigenvalue weighted by Crippen LogP contribution is 2.32. The lowest BCUT2D eigenvalue weighted by Crippen LogP contribution is -2.44. The highest BCUT2D eigenvalue weighted by Gasteiger charge is 2.30. The van der Waals surface area contributed by atoms with Crippen LogP contribution in [-0.2, 0) is 14.3 Å². The van der Waals surface area contributed by atoms with Gasteiger partial charge in [-0.1, -0.05) is 24.4 Å². The average Bonchev–Trinajstić information content (AvgIpc) is 3.36. The lowest BCUT2D eigenvalue weighted by Gasteiger charge is -2.33. The first-order valence-electron chi connectivity index (χ1n) is 12.9. The Kier molecular flexibility index (Phi) is 8.97. The minimum Gasteiger partial charge on any atom is -0.489 e. The van der Waals surface area contributed by atoms with Crippen LogP contribution in [0.2, 0.25) is 5.02 Å². The maximum Gasteiger partial charge on any atom is 0.333 e. The summed E-state index contributed by atoms with van der Waals surface area (Å²) >= 11 is 6.54. The van der Waals surface area contributed by atoms with Gasteiger partial charge in [-0.2, -0.15) is 0 Å². The van der Waals surface area contributed by atoms with E-state index >= 15 is 0 Å². The van der Waals surface area contributed by atoms with Gasteiger partial charge in [-0.15, -0.1) is 0 Å². The van der Waals surface area contributed by atoms with Crippen LogP contribution < -0.4 is 21.1 Å². The summed E-state index contributed by atoms with van der Waals surface area (Å²) in [6.45, 7) is 1.99. The standard InChI is InChI=1S/C27H36ClN5O4/c1-30-25-21(15-18(9-12-31-25)27(35)36-2)24(29)32-19-7-8-23(22(28)16-19)37-20-10-13-33(14-11-20)26(34)17-5-3-4-6-17/h7-8,15-17,20,30-31H,3-6,9-14H2,1-2H3,(H2,29,32). The number of piperidine rings is 1. The van der Waals surface area contributed by atoms with Crippen LogP contribution in [0, 0.1) is 5.92 Å². The fraction of sp³-hybridized carbons (Fsp3) is 0.519. The van der Waals surface area contributed by atoms with Crippen LogP contribution in [-0.4, -0.2) is 62.5 Å². The second-order valence-electron chi connectivity index (χ2n) is 9.61. The van der Waals surface area contributed by atoms with Crippen LogP contribution >= 0.6 is 11.6 Å². The molecule has 1 amide bonds. The molecule has 4 N–H and O–H groups in total. The number of likely N-dealkylation sites (tertiary alicyclic amines) is 1. The number of carbonyl (C=O) groups is 2. The molecule has 0 spiro atoms. The highest BCUT2D eigenvalue weighted by atomic mass is 35.5. The van der Waals surface area contributed by atoms with Gasteiger partial charge >= 0.3 is 5.97 Å². The summed E-state index contributed by atoms with van der Waals surface area (Å²) in [7, 11) is 3.12. The molecule has 0 aromatic heterocycles. The Hall–Kier alpha value is -3.20. The Bertz CT molecular complexity index is 1100. The number of nitrogens with zero attached hydrogens (tertiary/aromatic N) is 2. The molecule has 0 bridgehead atoms. The van der Waals surface area contributed by atoms with Crippen molar-refractivity contribution < 1.29 is 19.1 Å². The first-order valence-corrected chi connectivity index (χ1v) is 13.3. The Morgan fingerprint density at radius 2 is 1.92 bits per heavy atom. The number of hydrogen-bond donors (Lipinski definition) is 3. The second kappa shape index (κ2) is 12.4. The molecule has 2 heterocycles. The number of esters is 1. The van der Waals surface area contributed by atoms with Gasteiger partial charge in [0.25, 0.3) is 0 Å². The van der Waals surface area contributed by atoms with Crippen molar-refractivity contribution in [3.8, 4) is 5.75 Å². The second-order valence-corrected chi connectivity index (χ2v) is 10.0. The third kappa shape index (κ3) is 6.57. The van der Waals surface area contributed by atoms with E-state index in [4.69, 9.17) is 26.8 Å². The number of methoxy groups -OCH3 is 1. The number of aliphatic imine (C=N–C) groups is 1. The van der Waals surface area contributed by atoms with Crippen molar-refractivity contribution in [1.29, 1.82) is 0 Å². The van der Waals surface area contributed by atoms with E-state index in [0.29, 0.717) is 65.4 Å². The van der Waals surface area contributed by atoms with E-state index in [2.05, 4.69) is 15.6 Å². The van der Waals surface area contributed by atoms with Crippen molar-refractivity contribution in [2.24, 2.45) is 16.6 Å². The maximum atomic E-state index is 12.7. The molecular formula is C27H36ClN5O4. The topological polar surface area (TPSA) is 118 Å². The van der Waals surface area contributed by atoms with Crippen molar-refractivity contribution in [1.82, 2.24) is 15.5 Å². The fourth-order valence-electron chi connectivity index (χ4n) is 5.11. The lowest BCUT2D eigenvalue weighted by atomic mass is 10.0. The number of halogens is 1. The molecular weight excluding hydrogens is 494 g/mol. The van der Waals surface area contributed by atoms with Gasteiger partial charge in [0.15, 0.2) is 0 Å². The molecule has 1 aromatic carbocycles. The number of rotatable bonds is 7. The molecule has 0 radical (unpaired) electrons. The van der Waals surface area contributed by atoms with Crippen LogP contribution in [0.1, 0.15) is 44.9 Å².